The number of hydrogen-bond donors (Lipinski definition) is 3. The van der Waals surface area contributed by atoms with Gasteiger partial charge in [-0.05, 0) is 17.9 Å². The van der Waals surface area contributed by atoms with E-state index in [1.165, 1.54) is 6.92 Å². The average Bonchev–Trinajstić information content (AvgIpc) is 3.55. The molecule has 2 saturated carbocycles. The Bertz CT molecular complexity index is 1260. The van der Waals surface area contributed by atoms with Crippen LogP contribution < -0.4 is 0 Å². The van der Waals surface area contributed by atoms with E-state index in [1.54, 1.807) is 0 Å². The van der Waals surface area contributed by atoms with Crippen molar-refractivity contribution in [3.05, 3.63) is 35.9 Å². The summed E-state index contributed by atoms with van der Waals surface area (Å²) in [6.07, 6.45) is -8.97. The summed E-state index contributed by atoms with van der Waals surface area (Å²) in [5.74, 6) is -4.79. The summed E-state index contributed by atoms with van der Waals surface area (Å²) in [6, 6.07) is 9.11. The van der Waals surface area contributed by atoms with Crippen molar-refractivity contribution in [3.63, 3.8) is 0 Å². The standard InChI is InChI=1S/C27H30O11/c1-11-19(30)35-17-15(29)25-16-13(28)14(23(2,3)4)24(25)18(34-10-12-8-6-5-7-9-12)20(31)37-22(24)38-27(25,21(32)36-16)26(11,17)33/h5-9,11,13-18,22,28-29,33H,10H2,1-4H3/t11-,13-,14?,15?,16-,17?,18+,22+,24?,25?,26-,27-/m1/s1. The van der Waals surface area contributed by atoms with Gasteiger partial charge >= 0.3 is 17.9 Å². The average molecular weight is 531 g/mol. The van der Waals surface area contributed by atoms with Gasteiger partial charge in [-0.25, -0.2) is 9.59 Å². The highest BCUT2D eigenvalue weighted by Crippen LogP contribution is 2.84. The van der Waals surface area contributed by atoms with Crippen LogP contribution in [0.25, 0.3) is 0 Å². The molecule has 4 saturated heterocycles. The molecule has 12 atom stereocenters. The number of rotatable bonds is 3. The van der Waals surface area contributed by atoms with E-state index >= 15 is 0 Å². The topological polar surface area (TPSA) is 158 Å². The van der Waals surface area contributed by atoms with Crippen LogP contribution in [0.15, 0.2) is 30.3 Å². The summed E-state index contributed by atoms with van der Waals surface area (Å²) in [5, 5.41) is 36.1. The highest BCUT2D eigenvalue weighted by atomic mass is 16.8. The molecule has 0 bridgehead atoms. The molecule has 0 radical (unpaired) electrons. The molecule has 7 rings (SSSR count). The third-order valence-corrected chi connectivity index (χ3v) is 10.2. The van der Waals surface area contributed by atoms with Gasteiger partial charge in [0.15, 0.2) is 17.8 Å². The van der Waals surface area contributed by atoms with Crippen molar-refractivity contribution in [2.75, 3.05) is 0 Å². The number of esters is 3. The van der Waals surface area contributed by atoms with Gasteiger partial charge in [0.2, 0.25) is 11.9 Å². The van der Waals surface area contributed by atoms with Crippen molar-refractivity contribution >= 4 is 17.9 Å². The maximum absolute atomic E-state index is 13.8. The molecule has 1 aromatic rings. The van der Waals surface area contributed by atoms with E-state index in [0.29, 0.717) is 0 Å². The molecular weight excluding hydrogens is 500 g/mol. The van der Waals surface area contributed by atoms with E-state index < -0.39 is 94.0 Å². The molecule has 5 unspecified atom stereocenters. The summed E-state index contributed by atoms with van der Waals surface area (Å²) < 4.78 is 29.6. The van der Waals surface area contributed by atoms with Gasteiger partial charge < -0.3 is 39.0 Å². The molecule has 6 fully saturated rings. The van der Waals surface area contributed by atoms with Crippen molar-refractivity contribution in [2.45, 2.75) is 82.3 Å². The maximum atomic E-state index is 13.8. The lowest BCUT2D eigenvalue weighted by Gasteiger charge is -2.48. The monoisotopic (exact) mass is 530 g/mol. The second kappa shape index (κ2) is 6.95. The number of carbonyl (C=O) groups is 3. The highest BCUT2D eigenvalue weighted by Gasteiger charge is 3.05. The lowest BCUT2D eigenvalue weighted by molar-refractivity contribution is -0.240. The third-order valence-electron chi connectivity index (χ3n) is 10.2. The quantitative estimate of drug-likeness (QED) is 0.352. The van der Waals surface area contributed by atoms with Crippen molar-refractivity contribution in [2.24, 2.45) is 28.1 Å². The predicted molar refractivity (Wildman–Crippen MR) is 122 cm³/mol. The van der Waals surface area contributed by atoms with Gasteiger partial charge in [0.1, 0.15) is 12.2 Å². The van der Waals surface area contributed by atoms with Gasteiger partial charge in [0.25, 0.3) is 0 Å². The number of aliphatic hydroxyl groups excluding tert-OH is 2. The van der Waals surface area contributed by atoms with Crippen molar-refractivity contribution in [1.29, 1.82) is 0 Å². The highest BCUT2D eigenvalue weighted by molar-refractivity contribution is 5.94. The van der Waals surface area contributed by atoms with Crippen LogP contribution in [0.1, 0.15) is 33.3 Å². The molecule has 6 aliphatic rings. The van der Waals surface area contributed by atoms with E-state index in [2.05, 4.69) is 0 Å². The third kappa shape index (κ3) is 2.13. The van der Waals surface area contributed by atoms with Gasteiger partial charge in [-0.15, -0.1) is 0 Å². The van der Waals surface area contributed by atoms with Crippen LogP contribution >= 0.6 is 0 Å². The molecule has 2 aliphatic carbocycles. The second-order valence-electron chi connectivity index (χ2n) is 12.6. The lowest BCUT2D eigenvalue weighted by atomic mass is 9.51. The molecule has 4 aliphatic heterocycles. The minimum atomic E-state index is -2.36. The molecule has 1 aromatic carbocycles. The summed E-state index contributed by atoms with van der Waals surface area (Å²) in [5.41, 5.74) is -8.32. The van der Waals surface area contributed by atoms with Crippen LogP contribution in [0.3, 0.4) is 0 Å². The van der Waals surface area contributed by atoms with Crippen molar-refractivity contribution in [1.82, 2.24) is 0 Å². The summed E-state index contributed by atoms with van der Waals surface area (Å²) in [6.45, 7) is 6.92. The fourth-order valence-corrected chi connectivity index (χ4v) is 9.20. The molecule has 38 heavy (non-hydrogen) atoms. The molecule has 204 valence electrons. The van der Waals surface area contributed by atoms with Gasteiger partial charge in [0, 0.05) is 5.92 Å². The molecule has 4 heterocycles. The number of fused-ring (bicyclic) bond motifs is 1. The van der Waals surface area contributed by atoms with Crippen molar-refractivity contribution < 1.29 is 53.4 Å². The zero-order valence-electron chi connectivity index (χ0n) is 21.3. The SMILES string of the molecule is C[C@@H]1C(=O)OC2C(O)C34[C@@H]5OC(=O)[C@]3(O[C@@H]3OC(=O)[C@H](OCc6ccccc6)C34C(C(C)(C)C)[C@H]5O)[C@]21O. The van der Waals surface area contributed by atoms with Crippen LogP contribution in [0.5, 0.6) is 0 Å². The van der Waals surface area contributed by atoms with E-state index in [1.807, 2.05) is 51.1 Å². The number of benzene rings is 1. The minimum absolute atomic E-state index is 0.0141. The van der Waals surface area contributed by atoms with Crippen molar-refractivity contribution in [3.8, 4) is 0 Å². The van der Waals surface area contributed by atoms with Crippen LogP contribution in [0.2, 0.25) is 0 Å². The van der Waals surface area contributed by atoms with Gasteiger partial charge in [-0.1, -0.05) is 51.1 Å². The zero-order chi connectivity index (χ0) is 27.2. The molecular formula is C27H30O11. The second-order valence-corrected chi connectivity index (χ2v) is 12.6. The van der Waals surface area contributed by atoms with E-state index in [-0.39, 0.29) is 6.61 Å². The Morgan fingerprint density at radius 3 is 2.32 bits per heavy atom. The summed E-state index contributed by atoms with van der Waals surface area (Å²) in [7, 11) is 0. The number of ether oxygens (including phenoxy) is 5. The van der Waals surface area contributed by atoms with Crippen LogP contribution in [0.4, 0.5) is 0 Å². The Morgan fingerprint density at radius 1 is 0.974 bits per heavy atom. The normalized spacial score (nSPS) is 51.8. The number of hydrogen-bond acceptors (Lipinski definition) is 11. The van der Waals surface area contributed by atoms with E-state index in [4.69, 9.17) is 23.7 Å². The smallest absolute Gasteiger partial charge is 0.343 e. The largest absolute Gasteiger partial charge is 0.456 e. The minimum Gasteiger partial charge on any atom is -0.456 e. The molecule has 0 amide bonds. The Morgan fingerprint density at radius 2 is 1.66 bits per heavy atom. The molecule has 11 heteroatoms. The van der Waals surface area contributed by atoms with Crippen LogP contribution in [-0.4, -0.2) is 81.2 Å². The lowest BCUT2D eigenvalue weighted by Crippen LogP contribution is -2.67. The van der Waals surface area contributed by atoms with Gasteiger partial charge in [-0.3, -0.25) is 4.79 Å². The number of carbonyl (C=O) groups excluding carboxylic acids is 3. The Hall–Kier alpha value is -2.57. The number of aliphatic hydroxyl groups is 3. The fraction of sp³-hybridized carbons (Fsp3) is 0.667. The van der Waals surface area contributed by atoms with Crippen LogP contribution in [-0.2, 0) is 44.7 Å². The van der Waals surface area contributed by atoms with E-state index in [0.717, 1.165) is 5.56 Å². The maximum Gasteiger partial charge on any atom is 0.343 e. The molecule has 2 spiro atoms. The first-order valence-corrected chi connectivity index (χ1v) is 12.9. The van der Waals surface area contributed by atoms with Gasteiger partial charge in [-0.2, -0.15) is 0 Å². The summed E-state index contributed by atoms with van der Waals surface area (Å²) in [4.78, 5) is 40.0. The van der Waals surface area contributed by atoms with Crippen LogP contribution in [0, 0.1) is 28.1 Å². The Kier molecular flexibility index (Phi) is 4.47. The molecule has 11 nitrogen and oxygen atoms in total. The predicted octanol–water partition coefficient (Wildman–Crippen LogP) is -0.174. The van der Waals surface area contributed by atoms with E-state index in [9.17, 15) is 29.7 Å². The zero-order valence-corrected chi connectivity index (χ0v) is 21.3. The Labute approximate surface area is 217 Å². The van der Waals surface area contributed by atoms with Gasteiger partial charge in [0.05, 0.1) is 29.5 Å². The summed E-state index contributed by atoms with van der Waals surface area (Å²) >= 11 is 0. The Balaban J connectivity index is 1.50. The first-order valence-electron chi connectivity index (χ1n) is 12.9. The molecule has 0 aromatic heterocycles. The first kappa shape index (κ1) is 24.5. The first-order chi connectivity index (χ1) is 17.8. The fourth-order valence-electron chi connectivity index (χ4n) is 9.20. The molecule has 3 N–H and O–H groups in total.